The maximum Gasteiger partial charge on any atom is 0.0152 e. The van der Waals surface area contributed by atoms with Crippen molar-refractivity contribution in [2.24, 2.45) is 0 Å². The van der Waals surface area contributed by atoms with Crippen molar-refractivity contribution in [3.8, 4) is 0 Å². The summed E-state index contributed by atoms with van der Waals surface area (Å²) in [5, 5.41) is 5.21. The lowest BCUT2D eigenvalue weighted by Gasteiger charge is -2.11. The van der Waals surface area contributed by atoms with Gasteiger partial charge in [-0.05, 0) is 33.6 Å². The molecule has 2 aromatic rings. The Morgan fingerprint density at radius 3 is 2.33 bits per heavy atom. The summed E-state index contributed by atoms with van der Waals surface area (Å²) in [6.45, 7) is 9.11. The van der Waals surface area contributed by atoms with Crippen molar-refractivity contribution >= 4 is 22.1 Å². The number of rotatable bonds is 2. The van der Waals surface area contributed by atoms with Crippen LogP contribution in [0.15, 0.2) is 23.6 Å². The minimum absolute atomic E-state index is 0.612. The Kier molecular flexibility index (Phi) is 2.83. The lowest BCUT2D eigenvalue weighted by molar-refractivity contribution is 0.864. The van der Waals surface area contributed by atoms with Crippen LogP contribution in [-0.4, -0.2) is 0 Å². The van der Waals surface area contributed by atoms with Crippen molar-refractivity contribution in [3.05, 3.63) is 34.0 Å². The smallest absolute Gasteiger partial charge is 0.0152 e. The van der Waals surface area contributed by atoms with Gasteiger partial charge in [0.1, 0.15) is 0 Å². The molecule has 1 heteroatoms. The molecule has 0 fully saturated rings. The van der Waals surface area contributed by atoms with Crippen molar-refractivity contribution in [1.82, 2.24) is 0 Å². The molecule has 0 radical (unpaired) electrons. The van der Waals surface area contributed by atoms with Gasteiger partial charge >= 0.3 is 0 Å². The summed E-state index contributed by atoms with van der Waals surface area (Å²) < 4.78 is 0. The Morgan fingerprint density at radius 2 is 1.73 bits per heavy atom. The first-order chi connectivity index (χ1) is 7.11. The van der Waals surface area contributed by atoms with Crippen LogP contribution in [0, 0.1) is 0 Å². The lowest BCUT2D eigenvalue weighted by Crippen LogP contribution is -1.91. The molecular weight excluding hydrogens is 200 g/mol. The molecule has 1 aromatic heterocycles. The van der Waals surface area contributed by atoms with Gasteiger partial charge in [-0.1, -0.05) is 45.9 Å². The van der Waals surface area contributed by atoms with Crippen molar-refractivity contribution in [3.63, 3.8) is 0 Å². The zero-order chi connectivity index (χ0) is 11.0. The summed E-state index contributed by atoms with van der Waals surface area (Å²) in [7, 11) is 0. The van der Waals surface area contributed by atoms with E-state index in [0.29, 0.717) is 11.8 Å². The zero-order valence-electron chi connectivity index (χ0n) is 9.87. The number of hydrogen-bond acceptors (Lipinski definition) is 1. The summed E-state index contributed by atoms with van der Waals surface area (Å²) >= 11 is 1.90. The molecule has 0 unspecified atom stereocenters. The fourth-order valence-electron chi connectivity index (χ4n) is 2.06. The minimum atomic E-state index is 0.612. The first-order valence-corrected chi connectivity index (χ1v) is 6.49. The summed E-state index contributed by atoms with van der Waals surface area (Å²) in [4.78, 5) is 1.54. The van der Waals surface area contributed by atoms with Crippen molar-refractivity contribution in [1.29, 1.82) is 0 Å². The average Bonchev–Trinajstić information content (AvgIpc) is 2.60. The molecule has 0 saturated heterocycles. The Bertz CT molecular complexity index is 463. The first-order valence-electron chi connectivity index (χ1n) is 5.61. The monoisotopic (exact) mass is 218 g/mol. The predicted molar refractivity (Wildman–Crippen MR) is 70.0 cm³/mol. The van der Waals surface area contributed by atoms with Gasteiger partial charge in [0, 0.05) is 4.88 Å². The van der Waals surface area contributed by atoms with Gasteiger partial charge in [0.2, 0.25) is 0 Å². The molecule has 0 aliphatic heterocycles. The van der Waals surface area contributed by atoms with Crippen LogP contribution in [0.3, 0.4) is 0 Å². The lowest BCUT2D eigenvalue weighted by atomic mass is 9.95. The van der Waals surface area contributed by atoms with Gasteiger partial charge < -0.3 is 0 Å². The molecule has 15 heavy (non-hydrogen) atoms. The van der Waals surface area contributed by atoms with Crippen LogP contribution in [0.4, 0.5) is 0 Å². The standard InChI is InChI=1S/C14H18S/c1-9(2)12-7-5-6-11-8-15-14(10(3)4)13(11)12/h5-10H,1-4H3. The van der Waals surface area contributed by atoms with Gasteiger partial charge in [-0.15, -0.1) is 11.3 Å². The fraction of sp³-hybridized carbons (Fsp3) is 0.429. The van der Waals surface area contributed by atoms with Crippen LogP contribution in [-0.2, 0) is 0 Å². The van der Waals surface area contributed by atoms with Crippen LogP contribution in [0.25, 0.3) is 10.8 Å². The molecule has 0 saturated carbocycles. The van der Waals surface area contributed by atoms with Gasteiger partial charge in [-0.2, -0.15) is 0 Å². The average molecular weight is 218 g/mol. The van der Waals surface area contributed by atoms with Crippen LogP contribution in [0.2, 0.25) is 0 Å². The second kappa shape index (κ2) is 3.97. The molecule has 0 atom stereocenters. The van der Waals surface area contributed by atoms with Crippen molar-refractivity contribution in [2.45, 2.75) is 39.5 Å². The van der Waals surface area contributed by atoms with E-state index in [-0.39, 0.29) is 0 Å². The molecule has 0 N–H and O–H groups in total. The van der Waals surface area contributed by atoms with E-state index in [1.807, 2.05) is 11.3 Å². The number of benzene rings is 1. The second-order valence-electron chi connectivity index (χ2n) is 4.72. The topological polar surface area (TPSA) is 0 Å². The van der Waals surface area contributed by atoms with E-state index in [2.05, 4.69) is 51.3 Å². The fourth-order valence-corrected chi connectivity index (χ4v) is 3.14. The van der Waals surface area contributed by atoms with Crippen molar-refractivity contribution < 1.29 is 0 Å². The summed E-state index contributed by atoms with van der Waals surface area (Å²) in [5.41, 5.74) is 1.50. The van der Waals surface area contributed by atoms with E-state index in [1.54, 1.807) is 0 Å². The summed E-state index contributed by atoms with van der Waals surface area (Å²) in [5.74, 6) is 1.24. The first kappa shape index (κ1) is 10.7. The molecule has 0 aliphatic rings. The third kappa shape index (κ3) is 1.81. The highest BCUT2D eigenvalue weighted by Gasteiger charge is 2.13. The second-order valence-corrected chi connectivity index (χ2v) is 5.63. The molecule has 0 bridgehead atoms. The number of hydrogen-bond donors (Lipinski definition) is 0. The number of fused-ring (bicyclic) bond motifs is 1. The minimum Gasteiger partial charge on any atom is -0.147 e. The summed E-state index contributed by atoms with van der Waals surface area (Å²) in [6.07, 6.45) is 0. The molecule has 1 heterocycles. The maximum absolute atomic E-state index is 2.29. The third-order valence-electron chi connectivity index (χ3n) is 2.83. The predicted octanol–water partition coefficient (Wildman–Crippen LogP) is 5.15. The van der Waals surface area contributed by atoms with Gasteiger partial charge in [0.05, 0.1) is 0 Å². The Balaban J connectivity index is 2.75. The Labute approximate surface area is 95.9 Å². The molecule has 1 aromatic carbocycles. The highest BCUT2D eigenvalue weighted by atomic mass is 32.1. The van der Waals surface area contributed by atoms with Gasteiger partial charge in [-0.25, -0.2) is 0 Å². The van der Waals surface area contributed by atoms with E-state index in [4.69, 9.17) is 0 Å². The third-order valence-corrected chi connectivity index (χ3v) is 4.14. The molecule has 80 valence electrons. The molecule has 0 aliphatic carbocycles. The van der Waals surface area contributed by atoms with E-state index in [0.717, 1.165) is 0 Å². The van der Waals surface area contributed by atoms with Crippen LogP contribution < -0.4 is 0 Å². The van der Waals surface area contributed by atoms with Crippen molar-refractivity contribution in [2.75, 3.05) is 0 Å². The maximum atomic E-state index is 2.29. The largest absolute Gasteiger partial charge is 0.147 e. The van der Waals surface area contributed by atoms with E-state index >= 15 is 0 Å². The van der Waals surface area contributed by atoms with E-state index in [9.17, 15) is 0 Å². The number of thiophene rings is 1. The zero-order valence-corrected chi connectivity index (χ0v) is 10.7. The summed E-state index contributed by atoms with van der Waals surface area (Å²) in [6, 6.07) is 6.67. The molecule has 2 rings (SSSR count). The molecular formula is C14H18S. The quantitative estimate of drug-likeness (QED) is 0.654. The highest BCUT2D eigenvalue weighted by Crippen LogP contribution is 2.36. The van der Waals surface area contributed by atoms with Crippen LogP contribution in [0.5, 0.6) is 0 Å². The van der Waals surface area contributed by atoms with E-state index in [1.165, 1.54) is 21.2 Å². The van der Waals surface area contributed by atoms with Gasteiger partial charge in [0.25, 0.3) is 0 Å². The van der Waals surface area contributed by atoms with Gasteiger partial charge in [-0.3, -0.25) is 0 Å². The molecule has 0 spiro atoms. The molecule has 0 amide bonds. The van der Waals surface area contributed by atoms with E-state index < -0.39 is 0 Å². The highest BCUT2D eigenvalue weighted by molar-refractivity contribution is 7.11. The van der Waals surface area contributed by atoms with Gasteiger partial charge in [0.15, 0.2) is 0 Å². The van der Waals surface area contributed by atoms with Crippen LogP contribution >= 0.6 is 11.3 Å². The Hall–Kier alpha value is -0.820. The molecule has 0 nitrogen and oxygen atoms in total. The normalized spacial score (nSPS) is 11.9. The SMILES string of the molecule is CC(C)c1cccc2csc(C(C)C)c12. The van der Waals surface area contributed by atoms with Crippen LogP contribution in [0.1, 0.15) is 50.0 Å². The Morgan fingerprint density at radius 1 is 1.00 bits per heavy atom.